The highest BCUT2D eigenvalue weighted by molar-refractivity contribution is 5.98. The summed E-state index contributed by atoms with van der Waals surface area (Å²) in [5.41, 5.74) is 6.65. The van der Waals surface area contributed by atoms with Gasteiger partial charge in [0.1, 0.15) is 5.82 Å². The Hall–Kier alpha value is -1.62. The predicted molar refractivity (Wildman–Crippen MR) is 85.3 cm³/mol. The van der Waals surface area contributed by atoms with Crippen LogP contribution in [0.25, 0.3) is 0 Å². The molecular weight excluding hydrogens is 264 g/mol. The van der Waals surface area contributed by atoms with Crippen LogP contribution in [-0.4, -0.2) is 41.0 Å². The van der Waals surface area contributed by atoms with Gasteiger partial charge in [0.05, 0.1) is 5.56 Å². The molecule has 0 bridgehead atoms. The number of hydrogen-bond donors (Lipinski definition) is 2. The summed E-state index contributed by atoms with van der Waals surface area (Å²) in [6.07, 6.45) is 3.83. The Kier molecular flexibility index (Phi) is 5.17. The molecule has 3 N–H and O–H groups in total. The number of nitrogens with one attached hydrogen (secondary N) is 1. The largest absolute Gasteiger partial charge is 0.367 e. The van der Waals surface area contributed by atoms with Crippen LogP contribution in [0.4, 0.5) is 5.82 Å². The van der Waals surface area contributed by atoms with Crippen LogP contribution in [0.5, 0.6) is 0 Å². The number of aromatic nitrogens is 1. The molecule has 0 unspecified atom stereocenters. The Labute approximate surface area is 126 Å². The molecular formula is C16H26N4O. The summed E-state index contributed by atoms with van der Waals surface area (Å²) in [5.74, 6) is 1.11. The summed E-state index contributed by atoms with van der Waals surface area (Å²) in [6.45, 7) is 7.64. The fourth-order valence-electron chi connectivity index (χ4n) is 2.76. The number of nitrogens with two attached hydrogens (primary N) is 1. The van der Waals surface area contributed by atoms with Crippen LogP contribution in [0.2, 0.25) is 0 Å². The number of amides is 1. The van der Waals surface area contributed by atoms with Crippen LogP contribution in [-0.2, 0) is 0 Å². The average Bonchev–Trinajstić information content (AvgIpc) is 2.46. The maximum atomic E-state index is 12.8. The topological polar surface area (TPSA) is 71.2 Å². The highest BCUT2D eigenvalue weighted by Gasteiger charge is 2.27. The van der Waals surface area contributed by atoms with Gasteiger partial charge >= 0.3 is 0 Å². The monoisotopic (exact) mass is 290 g/mol. The zero-order chi connectivity index (χ0) is 15.4. The van der Waals surface area contributed by atoms with Gasteiger partial charge in [0, 0.05) is 31.4 Å². The van der Waals surface area contributed by atoms with Crippen molar-refractivity contribution in [2.45, 2.75) is 45.7 Å². The second-order valence-electron chi connectivity index (χ2n) is 6.21. The summed E-state index contributed by atoms with van der Waals surface area (Å²) >= 11 is 0. The number of pyridine rings is 1. The molecule has 5 nitrogen and oxygen atoms in total. The summed E-state index contributed by atoms with van der Waals surface area (Å²) in [7, 11) is 0. The molecule has 1 aromatic heterocycles. The number of carbonyl (C=O) groups is 1. The Bertz CT molecular complexity index is 487. The second kappa shape index (κ2) is 6.89. The molecule has 1 saturated heterocycles. The molecule has 2 atom stereocenters. The Morgan fingerprint density at radius 1 is 1.48 bits per heavy atom. The van der Waals surface area contributed by atoms with Crippen molar-refractivity contribution in [3.8, 4) is 0 Å². The highest BCUT2D eigenvalue weighted by Crippen LogP contribution is 2.22. The van der Waals surface area contributed by atoms with E-state index in [2.05, 4.69) is 10.3 Å². The molecule has 1 aliphatic heterocycles. The van der Waals surface area contributed by atoms with E-state index in [-0.39, 0.29) is 18.0 Å². The summed E-state index contributed by atoms with van der Waals surface area (Å²) < 4.78 is 0. The van der Waals surface area contributed by atoms with Crippen molar-refractivity contribution in [1.82, 2.24) is 9.88 Å². The van der Waals surface area contributed by atoms with E-state index in [1.807, 2.05) is 37.8 Å². The molecule has 0 spiro atoms. The van der Waals surface area contributed by atoms with E-state index in [1.165, 1.54) is 0 Å². The number of rotatable bonds is 4. The maximum absolute atomic E-state index is 12.8. The average molecular weight is 290 g/mol. The first-order valence-corrected chi connectivity index (χ1v) is 7.75. The number of nitrogens with zero attached hydrogens (tertiary/aromatic N) is 2. The lowest BCUT2D eigenvalue weighted by molar-refractivity contribution is 0.0661. The van der Waals surface area contributed by atoms with Gasteiger partial charge in [-0.15, -0.1) is 0 Å². The molecule has 21 heavy (non-hydrogen) atoms. The molecule has 5 heteroatoms. The normalized spacial score (nSPS) is 20.4. The standard InChI is InChI=1S/C16H26N4O/c1-11(2)19-15-14(7-4-8-18-15)16(21)20-9-5-6-13(10-20)12(3)17/h4,7-8,11-13H,5-6,9-10,17H2,1-3H3,(H,18,19)/t12-,13+/m0/s1. The Balaban J connectivity index is 2.16. The molecule has 0 aliphatic carbocycles. The van der Waals surface area contributed by atoms with Crippen LogP contribution in [0.3, 0.4) is 0 Å². The van der Waals surface area contributed by atoms with E-state index < -0.39 is 0 Å². The molecule has 2 heterocycles. The van der Waals surface area contributed by atoms with Crippen molar-refractivity contribution in [2.24, 2.45) is 11.7 Å². The van der Waals surface area contributed by atoms with Gasteiger partial charge in [-0.05, 0) is 51.7 Å². The Morgan fingerprint density at radius 3 is 2.90 bits per heavy atom. The van der Waals surface area contributed by atoms with E-state index in [4.69, 9.17) is 5.73 Å². The molecule has 1 aromatic rings. The van der Waals surface area contributed by atoms with Gasteiger partial charge in [0.25, 0.3) is 5.91 Å². The lowest BCUT2D eigenvalue weighted by Crippen LogP contribution is -2.45. The molecule has 1 aliphatic rings. The number of piperidine rings is 1. The molecule has 1 fully saturated rings. The van der Waals surface area contributed by atoms with E-state index in [0.717, 1.165) is 25.9 Å². The molecule has 0 aromatic carbocycles. The number of anilines is 1. The van der Waals surface area contributed by atoms with Crippen LogP contribution in [0.15, 0.2) is 18.3 Å². The van der Waals surface area contributed by atoms with Gasteiger partial charge in [0.15, 0.2) is 0 Å². The first kappa shape index (κ1) is 15.8. The van der Waals surface area contributed by atoms with Crippen molar-refractivity contribution in [3.05, 3.63) is 23.9 Å². The van der Waals surface area contributed by atoms with Gasteiger partial charge in [-0.3, -0.25) is 4.79 Å². The van der Waals surface area contributed by atoms with Gasteiger partial charge in [-0.2, -0.15) is 0 Å². The lowest BCUT2D eigenvalue weighted by Gasteiger charge is -2.35. The first-order chi connectivity index (χ1) is 9.99. The highest BCUT2D eigenvalue weighted by atomic mass is 16.2. The minimum absolute atomic E-state index is 0.0524. The van der Waals surface area contributed by atoms with Crippen LogP contribution >= 0.6 is 0 Å². The lowest BCUT2D eigenvalue weighted by atomic mass is 9.92. The van der Waals surface area contributed by atoms with Crippen molar-refractivity contribution in [2.75, 3.05) is 18.4 Å². The predicted octanol–water partition coefficient (Wildman–Crippen LogP) is 2.10. The van der Waals surface area contributed by atoms with Crippen LogP contribution in [0.1, 0.15) is 44.0 Å². The minimum Gasteiger partial charge on any atom is -0.367 e. The van der Waals surface area contributed by atoms with E-state index >= 15 is 0 Å². The van der Waals surface area contributed by atoms with Gasteiger partial charge < -0.3 is 16.0 Å². The maximum Gasteiger partial charge on any atom is 0.257 e. The molecule has 0 saturated carbocycles. The van der Waals surface area contributed by atoms with Crippen molar-refractivity contribution in [3.63, 3.8) is 0 Å². The second-order valence-corrected chi connectivity index (χ2v) is 6.21. The fraction of sp³-hybridized carbons (Fsp3) is 0.625. The fourth-order valence-corrected chi connectivity index (χ4v) is 2.76. The number of likely N-dealkylation sites (tertiary alicyclic amines) is 1. The zero-order valence-electron chi connectivity index (χ0n) is 13.2. The molecule has 1 amide bonds. The number of hydrogen-bond acceptors (Lipinski definition) is 4. The van der Waals surface area contributed by atoms with Crippen molar-refractivity contribution < 1.29 is 4.79 Å². The quantitative estimate of drug-likeness (QED) is 0.891. The SMILES string of the molecule is CC(C)Nc1ncccc1C(=O)N1CCC[C@@H]([C@H](C)N)C1. The van der Waals surface area contributed by atoms with Crippen molar-refractivity contribution in [1.29, 1.82) is 0 Å². The first-order valence-electron chi connectivity index (χ1n) is 7.75. The third-order valence-electron chi connectivity index (χ3n) is 3.95. The third kappa shape index (κ3) is 3.94. The summed E-state index contributed by atoms with van der Waals surface area (Å²) in [4.78, 5) is 19.0. The third-order valence-corrected chi connectivity index (χ3v) is 3.95. The van der Waals surface area contributed by atoms with E-state index in [9.17, 15) is 4.79 Å². The van der Waals surface area contributed by atoms with Gasteiger partial charge in [-0.1, -0.05) is 0 Å². The van der Waals surface area contributed by atoms with Crippen molar-refractivity contribution >= 4 is 11.7 Å². The molecule has 116 valence electrons. The van der Waals surface area contributed by atoms with Gasteiger partial charge in [-0.25, -0.2) is 4.98 Å². The van der Waals surface area contributed by atoms with E-state index in [1.54, 1.807) is 6.20 Å². The van der Waals surface area contributed by atoms with Crippen LogP contribution in [0, 0.1) is 5.92 Å². The minimum atomic E-state index is 0.0524. The summed E-state index contributed by atoms with van der Waals surface area (Å²) in [6, 6.07) is 4.02. The zero-order valence-corrected chi connectivity index (χ0v) is 13.2. The Morgan fingerprint density at radius 2 is 2.24 bits per heavy atom. The molecule has 2 rings (SSSR count). The van der Waals surface area contributed by atoms with Crippen LogP contribution < -0.4 is 11.1 Å². The van der Waals surface area contributed by atoms with Gasteiger partial charge in [0.2, 0.25) is 0 Å². The smallest absolute Gasteiger partial charge is 0.257 e. The summed E-state index contributed by atoms with van der Waals surface area (Å²) in [5, 5.41) is 3.24. The number of carbonyl (C=O) groups excluding carboxylic acids is 1. The molecule has 0 radical (unpaired) electrons. The van der Waals surface area contributed by atoms with E-state index in [0.29, 0.717) is 17.3 Å².